The molecule has 2 aromatic heterocycles. The van der Waals surface area contributed by atoms with E-state index < -0.39 is 38.5 Å². The van der Waals surface area contributed by atoms with Crippen LogP contribution in [0.2, 0.25) is 5.28 Å². The van der Waals surface area contributed by atoms with E-state index in [2.05, 4.69) is 25.9 Å². The van der Waals surface area contributed by atoms with E-state index in [-0.39, 0.29) is 41.9 Å². The van der Waals surface area contributed by atoms with Crippen molar-refractivity contribution < 1.29 is 57.8 Å². The summed E-state index contributed by atoms with van der Waals surface area (Å²) in [6.07, 6.45) is 2.81. The zero-order valence-electron chi connectivity index (χ0n) is 27.5. The Morgan fingerprint density at radius 1 is 1.02 bits per heavy atom. The van der Waals surface area contributed by atoms with E-state index in [1.54, 1.807) is 0 Å². The smallest absolute Gasteiger partial charge is 0.350 e. The SMILES string of the molecule is C#CCOCCOCCOCCOCCC(=O)N1CCCC2(C1)CN(c1nc(Cl)nc3c1cnn3[C@@H]1O[C@H](COCP(=O)(O)O)[C@@H](O)[C@H]1O)C2. The first kappa shape index (κ1) is 38.7. The molecule has 2 aromatic rings. The minimum absolute atomic E-state index is 0.0420. The minimum Gasteiger partial charge on any atom is -0.387 e. The Morgan fingerprint density at radius 2 is 1.70 bits per heavy atom. The summed E-state index contributed by atoms with van der Waals surface area (Å²) in [6.45, 7) is 5.35. The lowest BCUT2D eigenvalue weighted by Crippen LogP contribution is -2.64. The Morgan fingerprint density at radius 3 is 2.38 bits per heavy atom. The van der Waals surface area contributed by atoms with Gasteiger partial charge >= 0.3 is 7.60 Å². The van der Waals surface area contributed by atoms with Gasteiger partial charge in [0.15, 0.2) is 11.9 Å². The second kappa shape index (κ2) is 17.8. The maximum atomic E-state index is 13.0. The molecule has 4 atom stereocenters. The van der Waals surface area contributed by atoms with Crippen LogP contribution in [-0.2, 0) is 37.8 Å². The lowest BCUT2D eigenvalue weighted by molar-refractivity contribution is -0.136. The molecular weight excluding hydrogens is 703 g/mol. The number of ether oxygens (including phenoxy) is 6. The van der Waals surface area contributed by atoms with Gasteiger partial charge in [-0.05, 0) is 24.4 Å². The van der Waals surface area contributed by atoms with Crippen molar-refractivity contribution in [3.05, 3.63) is 11.5 Å². The number of hydrogen-bond acceptors (Lipinski definition) is 14. The number of aliphatic hydroxyl groups excluding tert-OH is 2. The molecule has 18 nitrogen and oxygen atoms in total. The number of aromatic nitrogens is 4. The van der Waals surface area contributed by atoms with Crippen LogP contribution in [0.1, 0.15) is 25.5 Å². The molecule has 5 heterocycles. The Hall–Kier alpha value is -2.50. The highest BCUT2D eigenvalue weighted by Crippen LogP contribution is 2.43. The van der Waals surface area contributed by atoms with Gasteiger partial charge < -0.3 is 58.2 Å². The predicted octanol–water partition coefficient (Wildman–Crippen LogP) is -0.231. The predicted molar refractivity (Wildman–Crippen MR) is 176 cm³/mol. The molecule has 0 saturated carbocycles. The maximum absolute atomic E-state index is 13.0. The van der Waals surface area contributed by atoms with Crippen LogP contribution in [0.25, 0.3) is 11.0 Å². The topological polar surface area (TPSA) is 221 Å². The third-order valence-corrected chi connectivity index (χ3v) is 9.34. The third-order valence-electron chi connectivity index (χ3n) is 8.65. The third kappa shape index (κ3) is 10.1. The van der Waals surface area contributed by atoms with Gasteiger partial charge in [-0.15, -0.1) is 6.42 Å². The first-order chi connectivity index (χ1) is 24.0. The molecule has 3 fully saturated rings. The fourth-order valence-electron chi connectivity index (χ4n) is 6.37. The number of fused-ring (bicyclic) bond motifs is 1. The molecule has 20 heteroatoms. The van der Waals surface area contributed by atoms with Crippen molar-refractivity contribution >= 4 is 42.0 Å². The summed E-state index contributed by atoms with van der Waals surface area (Å²) < 4.78 is 44.7. The molecule has 50 heavy (non-hydrogen) atoms. The number of aliphatic hydroxyl groups is 2. The van der Waals surface area contributed by atoms with Crippen molar-refractivity contribution in [2.24, 2.45) is 5.41 Å². The molecule has 278 valence electrons. The van der Waals surface area contributed by atoms with Crippen molar-refractivity contribution in [2.45, 2.75) is 43.8 Å². The van der Waals surface area contributed by atoms with Crippen LogP contribution in [-0.4, -0.2) is 161 Å². The van der Waals surface area contributed by atoms with Gasteiger partial charge in [0.05, 0.1) is 70.9 Å². The number of rotatable bonds is 19. The number of piperidine rings is 1. The first-order valence-electron chi connectivity index (χ1n) is 16.3. The molecule has 4 N–H and O–H groups in total. The van der Waals surface area contributed by atoms with Crippen molar-refractivity contribution in [3.63, 3.8) is 0 Å². The molecule has 0 aliphatic carbocycles. The maximum Gasteiger partial charge on any atom is 0.350 e. The van der Waals surface area contributed by atoms with Crippen molar-refractivity contribution in [1.29, 1.82) is 0 Å². The Bertz CT molecular complexity index is 1520. The van der Waals surface area contributed by atoms with Gasteiger partial charge in [0, 0.05) is 31.6 Å². The zero-order valence-corrected chi connectivity index (χ0v) is 29.2. The van der Waals surface area contributed by atoms with Crippen molar-refractivity contribution in [1.82, 2.24) is 24.6 Å². The van der Waals surface area contributed by atoms with Crippen LogP contribution in [0, 0.1) is 17.8 Å². The standard InChI is InChI=1S/C30H44ClN6O12P/c1-2-7-44-9-11-46-13-14-47-12-10-45-8-4-23(38)35-6-3-5-30(17-35)18-36(19-30)26-21-15-32-37(27(21)34-29(31)33-26)28-25(40)24(39)22(49-28)16-48-20-50(41,42)43/h1,15,22,24-25,28,39-40H,3-14,16-20H2,(H2,41,42,43)/t22-,24-,25-,28-/m1/s1. The van der Waals surface area contributed by atoms with Crippen molar-refractivity contribution in [2.75, 3.05) is 96.9 Å². The molecule has 0 bridgehead atoms. The summed E-state index contributed by atoms with van der Waals surface area (Å²) in [4.78, 5) is 43.8. The van der Waals surface area contributed by atoms with Gasteiger partial charge in [-0.1, -0.05) is 5.92 Å². The van der Waals surface area contributed by atoms with Crippen LogP contribution < -0.4 is 4.90 Å². The summed E-state index contributed by atoms with van der Waals surface area (Å²) in [6, 6.07) is 0. The number of hydrogen-bond donors (Lipinski definition) is 4. The number of terminal acetylenes is 1. The molecule has 1 spiro atoms. The van der Waals surface area contributed by atoms with E-state index in [0.29, 0.717) is 83.6 Å². The average molecular weight is 747 g/mol. The Kier molecular flexibility index (Phi) is 13.8. The Balaban J connectivity index is 1.07. The monoisotopic (exact) mass is 746 g/mol. The van der Waals surface area contributed by atoms with Crippen LogP contribution in [0.4, 0.5) is 5.82 Å². The summed E-state index contributed by atoms with van der Waals surface area (Å²) in [5.41, 5.74) is 0.169. The van der Waals surface area contributed by atoms with Gasteiger partial charge in [-0.25, -0.2) is 4.68 Å². The van der Waals surface area contributed by atoms with Crippen molar-refractivity contribution in [3.8, 4) is 12.3 Å². The summed E-state index contributed by atoms with van der Waals surface area (Å²) in [5.74, 6) is 2.98. The number of anilines is 1. The van der Waals surface area contributed by atoms with Crippen LogP contribution in [0.5, 0.6) is 0 Å². The second-order valence-corrected chi connectivity index (χ2v) is 14.4. The normalized spacial score (nSPS) is 23.4. The largest absolute Gasteiger partial charge is 0.387 e. The highest BCUT2D eigenvalue weighted by molar-refractivity contribution is 7.51. The fraction of sp³-hybridized carbons (Fsp3) is 0.733. The molecule has 5 rings (SSSR count). The van der Waals surface area contributed by atoms with E-state index in [1.165, 1.54) is 10.9 Å². The molecule has 0 aromatic carbocycles. The van der Waals surface area contributed by atoms with E-state index in [0.717, 1.165) is 12.8 Å². The van der Waals surface area contributed by atoms with Gasteiger partial charge in [0.25, 0.3) is 0 Å². The van der Waals surface area contributed by atoms with Gasteiger partial charge in [-0.3, -0.25) is 9.36 Å². The molecule has 0 unspecified atom stereocenters. The van der Waals surface area contributed by atoms with E-state index in [9.17, 15) is 19.6 Å². The highest BCUT2D eigenvalue weighted by atomic mass is 35.5. The first-order valence-corrected chi connectivity index (χ1v) is 18.5. The van der Waals surface area contributed by atoms with Gasteiger partial charge in [0.1, 0.15) is 37.1 Å². The number of carbonyl (C=O) groups excluding carboxylic acids is 1. The zero-order chi connectivity index (χ0) is 35.7. The molecule has 1 amide bonds. The highest BCUT2D eigenvalue weighted by Gasteiger charge is 2.48. The summed E-state index contributed by atoms with van der Waals surface area (Å²) >= 11 is 6.34. The van der Waals surface area contributed by atoms with Crippen LogP contribution in [0.15, 0.2) is 6.20 Å². The average Bonchev–Trinajstić information content (AvgIpc) is 3.60. The van der Waals surface area contributed by atoms with E-state index >= 15 is 0 Å². The number of amides is 1. The van der Waals surface area contributed by atoms with Gasteiger partial charge in [-0.2, -0.15) is 15.1 Å². The van der Waals surface area contributed by atoms with E-state index in [4.69, 9.17) is 56.2 Å². The number of nitrogens with zero attached hydrogens (tertiary/aromatic N) is 6. The van der Waals surface area contributed by atoms with Crippen LogP contribution >= 0.6 is 19.2 Å². The molecular formula is C30H44ClN6O12P. The molecule has 0 radical (unpaired) electrons. The summed E-state index contributed by atoms with van der Waals surface area (Å²) in [5, 5.41) is 26.1. The lowest BCUT2D eigenvalue weighted by atomic mass is 9.73. The molecule has 3 aliphatic rings. The lowest BCUT2D eigenvalue weighted by Gasteiger charge is -2.55. The molecule has 3 aliphatic heterocycles. The fourth-order valence-corrected chi connectivity index (χ4v) is 6.87. The number of halogens is 1. The minimum atomic E-state index is -4.42. The number of likely N-dealkylation sites (tertiary alicyclic amines) is 1. The quantitative estimate of drug-likeness (QED) is 0.0631. The summed E-state index contributed by atoms with van der Waals surface area (Å²) in [7, 11) is -4.42. The van der Waals surface area contributed by atoms with Gasteiger partial charge in [0.2, 0.25) is 11.2 Å². The Labute approximate surface area is 294 Å². The second-order valence-electron chi connectivity index (χ2n) is 12.5. The molecule has 3 saturated heterocycles. The van der Waals surface area contributed by atoms with Crippen LogP contribution in [0.3, 0.4) is 0 Å². The number of carbonyl (C=O) groups is 1. The van der Waals surface area contributed by atoms with E-state index in [1.807, 2.05) is 4.90 Å².